The fourth-order valence-corrected chi connectivity index (χ4v) is 4.13. The standard InChI is InChI=1S/C20H29N5O4/c1-15(2)14-25-19(28)24(9-4-12-29-3)18(27)20(25)6-10-23(11-7-20)17(26)16-5-8-21-22-13-16/h5,8,13,15H,4,6-7,9-12,14H2,1-3H3. The Kier molecular flexibility index (Phi) is 6.46. The first-order valence-corrected chi connectivity index (χ1v) is 10.1. The summed E-state index contributed by atoms with van der Waals surface area (Å²) in [5.74, 6) is -0.0269. The molecule has 0 radical (unpaired) electrons. The maximum atomic E-state index is 13.3. The minimum absolute atomic E-state index is 0.126. The number of ether oxygens (including phenoxy) is 1. The van der Waals surface area contributed by atoms with Crippen molar-refractivity contribution in [1.29, 1.82) is 0 Å². The Hall–Kier alpha value is -2.55. The van der Waals surface area contributed by atoms with E-state index in [9.17, 15) is 14.4 Å². The Morgan fingerprint density at radius 1 is 1.24 bits per heavy atom. The molecular weight excluding hydrogens is 374 g/mol. The van der Waals surface area contributed by atoms with Gasteiger partial charge in [0, 0.05) is 39.9 Å². The molecule has 0 N–H and O–H groups in total. The lowest BCUT2D eigenvalue weighted by molar-refractivity contribution is -0.135. The molecule has 0 aromatic carbocycles. The average Bonchev–Trinajstić information content (AvgIpc) is 2.91. The number of amides is 4. The number of carbonyl (C=O) groups excluding carboxylic acids is 3. The van der Waals surface area contributed by atoms with E-state index in [0.29, 0.717) is 57.6 Å². The molecule has 2 aliphatic heterocycles. The zero-order chi connectivity index (χ0) is 21.0. The van der Waals surface area contributed by atoms with Crippen molar-refractivity contribution in [2.45, 2.75) is 38.6 Å². The number of piperidine rings is 1. The summed E-state index contributed by atoms with van der Waals surface area (Å²) in [4.78, 5) is 43.9. The van der Waals surface area contributed by atoms with Gasteiger partial charge in [-0.25, -0.2) is 4.79 Å². The Labute approximate surface area is 171 Å². The lowest BCUT2D eigenvalue weighted by atomic mass is 9.85. The molecule has 158 valence electrons. The zero-order valence-corrected chi connectivity index (χ0v) is 17.3. The zero-order valence-electron chi connectivity index (χ0n) is 17.3. The van der Waals surface area contributed by atoms with Gasteiger partial charge in [-0.1, -0.05) is 13.8 Å². The number of carbonyl (C=O) groups is 3. The molecule has 1 aromatic heterocycles. The van der Waals surface area contributed by atoms with E-state index in [2.05, 4.69) is 10.2 Å². The van der Waals surface area contributed by atoms with E-state index in [1.165, 1.54) is 17.3 Å². The predicted octanol–water partition coefficient (Wildman–Crippen LogP) is 1.41. The number of likely N-dealkylation sites (tertiary alicyclic amines) is 1. The first-order chi connectivity index (χ1) is 13.9. The van der Waals surface area contributed by atoms with Crippen LogP contribution >= 0.6 is 0 Å². The van der Waals surface area contributed by atoms with Crippen molar-refractivity contribution < 1.29 is 19.1 Å². The van der Waals surface area contributed by atoms with Gasteiger partial charge < -0.3 is 14.5 Å². The maximum absolute atomic E-state index is 13.3. The van der Waals surface area contributed by atoms with Crippen LogP contribution in [0.1, 0.15) is 43.5 Å². The molecule has 2 aliphatic rings. The highest BCUT2D eigenvalue weighted by Crippen LogP contribution is 2.38. The van der Waals surface area contributed by atoms with Gasteiger partial charge in [-0.2, -0.15) is 10.2 Å². The predicted molar refractivity (Wildman–Crippen MR) is 105 cm³/mol. The second-order valence-corrected chi connectivity index (χ2v) is 8.05. The van der Waals surface area contributed by atoms with Crippen LogP contribution < -0.4 is 0 Å². The van der Waals surface area contributed by atoms with E-state index in [1.807, 2.05) is 13.8 Å². The molecule has 9 nitrogen and oxygen atoms in total. The Morgan fingerprint density at radius 2 is 1.97 bits per heavy atom. The second-order valence-electron chi connectivity index (χ2n) is 8.05. The van der Waals surface area contributed by atoms with E-state index in [0.717, 1.165) is 0 Å². The molecule has 0 unspecified atom stereocenters. The van der Waals surface area contributed by atoms with Crippen LogP contribution in [0.4, 0.5) is 4.79 Å². The van der Waals surface area contributed by atoms with Gasteiger partial charge in [-0.15, -0.1) is 0 Å². The van der Waals surface area contributed by atoms with Crippen LogP contribution in [0, 0.1) is 5.92 Å². The molecule has 0 saturated carbocycles. The minimum Gasteiger partial charge on any atom is -0.385 e. The van der Waals surface area contributed by atoms with Crippen LogP contribution in [0.15, 0.2) is 18.5 Å². The van der Waals surface area contributed by atoms with Gasteiger partial charge in [0.1, 0.15) is 5.54 Å². The average molecular weight is 403 g/mol. The number of hydrogen-bond acceptors (Lipinski definition) is 6. The summed E-state index contributed by atoms with van der Waals surface area (Å²) in [6.07, 6.45) is 4.42. The second kappa shape index (κ2) is 8.86. The van der Waals surface area contributed by atoms with Crippen molar-refractivity contribution in [3.8, 4) is 0 Å². The van der Waals surface area contributed by atoms with Gasteiger partial charge in [0.15, 0.2) is 0 Å². The van der Waals surface area contributed by atoms with Crippen molar-refractivity contribution in [2.24, 2.45) is 5.92 Å². The van der Waals surface area contributed by atoms with E-state index in [4.69, 9.17) is 4.74 Å². The minimum atomic E-state index is -0.859. The molecular formula is C20H29N5O4. The maximum Gasteiger partial charge on any atom is 0.327 e. The number of nitrogens with zero attached hydrogens (tertiary/aromatic N) is 5. The van der Waals surface area contributed by atoms with Gasteiger partial charge in [0.2, 0.25) is 0 Å². The number of urea groups is 1. The SMILES string of the molecule is COCCCN1C(=O)N(CC(C)C)C2(CCN(C(=O)c3ccnnc3)CC2)C1=O. The van der Waals surface area contributed by atoms with Gasteiger partial charge in [-0.3, -0.25) is 14.5 Å². The topological polar surface area (TPSA) is 95.9 Å². The number of rotatable bonds is 7. The molecule has 29 heavy (non-hydrogen) atoms. The van der Waals surface area contributed by atoms with Gasteiger partial charge in [-0.05, 0) is 31.2 Å². The Morgan fingerprint density at radius 3 is 2.55 bits per heavy atom. The summed E-state index contributed by atoms with van der Waals surface area (Å²) >= 11 is 0. The third kappa shape index (κ3) is 4.10. The molecule has 9 heteroatoms. The van der Waals surface area contributed by atoms with Crippen LogP contribution in [-0.2, 0) is 9.53 Å². The highest BCUT2D eigenvalue weighted by atomic mass is 16.5. The fraction of sp³-hybridized carbons (Fsp3) is 0.650. The molecule has 0 bridgehead atoms. The van der Waals surface area contributed by atoms with E-state index in [-0.39, 0.29) is 23.8 Å². The Balaban J connectivity index is 1.76. The van der Waals surface area contributed by atoms with E-state index in [1.54, 1.807) is 23.0 Å². The van der Waals surface area contributed by atoms with Gasteiger partial charge in [0.05, 0.1) is 18.0 Å². The van der Waals surface area contributed by atoms with E-state index >= 15 is 0 Å². The summed E-state index contributed by atoms with van der Waals surface area (Å²) < 4.78 is 5.07. The monoisotopic (exact) mass is 403 g/mol. The number of hydrogen-bond donors (Lipinski definition) is 0. The molecule has 4 amide bonds. The van der Waals surface area contributed by atoms with Crippen LogP contribution in [0.25, 0.3) is 0 Å². The number of imide groups is 1. The molecule has 1 aromatic rings. The number of methoxy groups -OCH3 is 1. The summed E-state index contributed by atoms with van der Waals surface area (Å²) in [5.41, 5.74) is -0.383. The van der Waals surface area contributed by atoms with Crippen molar-refractivity contribution >= 4 is 17.8 Å². The highest BCUT2D eigenvalue weighted by Gasteiger charge is 2.57. The molecule has 2 saturated heterocycles. The molecule has 3 heterocycles. The quantitative estimate of drug-likeness (QED) is 0.505. The van der Waals surface area contributed by atoms with Gasteiger partial charge in [0.25, 0.3) is 11.8 Å². The first kappa shape index (κ1) is 21.2. The van der Waals surface area contributed by atoms with Crippen molar-refractivity contribution in [2.75, 3.05) is 39.9 Å². The fourth-order valence-electron chi connectivity index (χ4n) is 4.13. The molecule has 2 fully saturated rings. The first-order valence-electron chi connectivity index (χ1n) is 10.1. The van der Waals surface area contributed by atoms with E-state index < -0.39 is 5.54 Å². The summed E-state index contributed by atoms with van der Waals surface area (Å²) in [7, 11) is 1.60. The third-order valence-electron chi connectivity index (χ3n) is 5.61. The normalized spacial score (nSPS) is 19.0. The van der Waals surface area contributed by atoms with Gasteiger partial charge >= 0.3 is 6.03 Å². The number of aromatic nitrogens is 2. The lowest BCUT2D eigenvalue weighted by Gasteiger charge is -2.42. The van der Waals surface area contributed by atoms with Crippen molar-refractivity contribution in [3.63, 3.8) is 0 Å². The highest BCUT2D eigenvalue weighted by molar-refractivity contribution is 6.07. The van der Waals surface area contributed by atoms with Crippen LogP contribution in [0.3, 0.4) is 0 Å². The summed E-state index contributed by atoms with van der Waals surface area (Å²) in [5, 5.41) is 7.46. The lowest BCUT2D eigenvalue weighted by Crippen LogP contribution is -2.58. The van der Waals surface area contributed by atoms with Crippen LogP contribution in [0.2, 0.25) is 0 Å². The smallest absolute Gasteiger partial charge is 0.327 e. The van der Waals surface area contributed by atoms with Crippen LogP contribution in [-0.4, -0.2) is 88.2 Å². The Bertz CT molecular complexity index is 746. The van der Waals surface area contributed by atoms with Crippen molar-refractivity contribution in [3.05, 3.63) is 24.0 Å². The molecule has 0 atom stereocenters. The summed E-state index contributed by atoms with van der Waals surface area (Å²) in [6.45, 7) is 6.28. The molecule has 0 aliphatic carbocycles. The summed E-state index contributed by atoms with van der Waals surface area (Å²) in [6, 6.07) is 1.41. The van der Waals surface area contributed by atoms with Crippen molar-refractivity contribution in [1.82, 2.24) is 24.9 Å². The molecule has 1 spiro atoms. The van der Waals surface area contributed by atoms with Crippen LogP contribution in [0.5, 0.6) is 0 Å². The largest absolute Gasteiger partial charge is 0.385 e. The molecule has 3 rings (SSSR count). The third-order valence-corrected chi connectivity index (χ3v) is 5.61.